The highest BCUT2D eigenvalue weighted by Crippen LogP contribution is 2.36. The van der Waals surface area contributed by atoms with Crippen LogP contribution < -0.4 is 0 Å². The maximum Gasteiger partial charge on any atom is 0.168 e. The first-order valence-electron chi connectivity index (χ1n) is 5.63. The summed E-state index contributed by atoms with van der Waals surface area (Å²) in [4.78, 5) is 0. The van der Waals surface area contributed by atoms with E-state index < -0.39 is 0 Å². The molecule has 0 bridgehead atoms. The lowest BCUT2D eigenvalue weighted by Crippen LogP contribution is -2.41. The highest BCUT2D eigenvalue weighted by atomic mass is 16.7. The second-order valence-electron chi connectivity index (χ2n) is 4.39. The lowest BCUT2D eigenvalue weighted by Gasteiger charge is -2.39. The summed E-state index contributed by atoms with van der Waals surface area (Å²) >= 11 is 0. The van der Waals surface area contributed by atoms with Crippen molar-refractivity contribution < 1.29 is 9.47 Å². The lowest BCUT2D eigenvalue weighted by atomic mass is 9.97. The number of hydrogen-bond donors (Lipinski definition) is 0. The minimum absolute atomic E-state index is 0.186. The van der Waals surface area contributed by atoms with Gasteiger partial charge < -0.3 is 9.47 Å². The average molecular weight is 184 g/mol. The van der Waals surface area contributed by atoms with Crippen molar-refractivity contribution in [2.24, 2.45) is 0 Å². The molecular weight excluding hydrogens is 164 g/mol. The molecule has 0 aromatic carbocycles. The maximum atomic E-state index is 5.97. The van der Waals surface area contributed by atoms with Crippen molar-refractivity contribution in [1.29, 1.82) is 0 Å². The Morgan fingerprint density at radius 1 is 1.08 bits per heavy atom. The van der Waals surface area contributed by atoms with E-state index in [2.05, 4.69) is 6.92 Å². The molecule has 2 heterocycles. The molecule has 2 atom stereocenters. The van der Waals surface area contributed by atoms with E-state index in [0.717, 1.165) is 19.4 Å². The van der Waals surface area contributed by atoms with Crippen molar-refractivity contribution in [3.05, 3.63) is 0 Å². The summed E-state index contributed by atoms with van der Waals surface area (Å²) in [6.45, 7) is 3.06. The van der Waals surface area contributed by atoms with Crippen LogP contribution >= 0.6 is 0 Å². The average Bonchev–Trinajstić information content (AvgIpc) is 2.31. The second-order valence-corrected chi connectivity index (χ2v) is 4.39. The van der Waals surface area contributed by atoms with Crippen molar-refractivity contribution in [2.75, 3.05) is 6.61 Å². The van der Waals surface area contributed by atoms with E-state index in [1.165, 1.54) is 32.1 Å². The molecule has 2 nitrogen and oxygen atoms in total. The predicted molar refractivity (Wildman–Crippen MR) is 51.5 cm³/mol. The van der Waals surface area contributed by atoms with Gasteiger partial charge in [0.2, 0.25) is 0 Å². The van der Waals surface area contributed by atoms with Gasteiger partial charge in [-0.1, -0.05) is 6.42 Å². The molecule has 13 heavy (non-hydrogen) atoms. The molecule has 0 N–H and O–H groups in total. The molecule has 0 unspecified atom stereocenters. The highest BCUT2D eigenvalue weighted by molar-refractivity contribution is 4.78. The fourth-order valence-corrected chi connectivity index (χ4v) is 2.44. The van der Waals surface area contributed by atoms with Crippen LogP contribution in [0.2, 0.25) is 0 Å². The second kappa shape index (κ2) is 3.97. The van der Waals surface area contributed by atoms with Crippen LogP contribution in [0.1, 0.15) is 51.9 Å². The Balaban J connectivity index is 1.99. The third-order valence-corrected chi connectivity index (χ3v) is 3.15. The molecule has 0 aliphatic carbocycles. The lowest BCUT2D eigenvalue weighted by molar-refractivity contribution is -0.276. The zero-order chi connectivity index (χ0) is 9.15. The van der Waals surface area contributed by atoms with Crippen LogP contribution in [0.15, 0.2) is 0 Å². The first-order chi connectivity index (χ1) is 6.31. The number of ether oxygens (including phenoxy) is 2. The Labute approximate surface area is 80.6 Å². The van der Waals surface area contributed by atoms with Gasteiger partial charge in [-0.2, -0.15) is 0 Å². The summed E-state index contributed by atoms with van der Waals surface area (Å²) in [5.74, 6) is -0.186. The van der Waals surface area contributed by atoms with E-state index in [4.69, 9.17) is 9.47 Å². The predicted octanol–water partition coefficient (Wildman–Crippen LogP) is 2.86. The molecule has 0 aromatic rings. The Kier molecular flexibility index (Phi) is 2.89. The molecule has 2 aliphatic rings. The highest BCUT2D eigenvalue weighted by Gasteiger charge is 2.37. The topological polar surface area (TPSA) is 18.5 Å². The Bertz CT molecular complexity index is 159. The summed E-state index contributed by atoms with van der Waals surface area (Å²) in [7, 11) is 0. The Morgan fingerprint density at radius 2 is 1.92 bits per heavy atom. The molecule has 0 saturated carbocycles. The molecule has 2 heteroatoms. The summed E-state index contributed by atoms with van der Waals surface area (Å²) in [5, 5.41) is 0. The van der Waals surface area contributed by atoms with Crippen molar-refractivity contribution in [3.63, 3.8) is 0 Å². The van der Waals surface area contributed by atoms with Gasteiger partial charge in [0.15, 0.2) is 5.79 Å². The quantitative estimate of drug-likeness (QED) is 0.576. The molecule has 2 rings (SSSR count). The third-order valence-electron chi connectivity index (χ3n) is 3.15. The summed E-state index contributed by atoms with van der Waals surface area (Å²) in [5.41, 5.74) is 0. The van der Waals surface area contributed by atoms with Gasteiger partial charge in [-0.25, -0.2) is 0 Å². The molecule has 2 fully saturated rings. The van der Waals surface area contributed by atoms with Crippen LogP contribution in [0, 0.1) is 0 Å². The van der Waals surface area contributed by atoms with Gasteiger partial charge in [0, 0.05) is 12.8 Å². The maximum absolute atomic E-state index is 5.97. The zero-order valence-electron chi connectivity index (χ0n) is 8.55. The van der Waals surface area contributed by atoms with Crippen LogP contribution in [0.3, 0.4) is 0 Å². The van der Waals surface area contributed by atoms with Gasteiger partial charge in [-0.15, -0.1) is 0 Å². The molecule has 2 aliphatic heterocycles. The van der Waals surface area contributed by atoms with E-state index in [9.17, 15) is 0 Å². The summed E-state index contributed by atoms with van der Waals surface area (Å²) < 4.78 is 11.9. The Hall–Kier alpha value is -0.0800. The molecule has 0 amide bonds. The summed E-state index contributed by atoms with van der Waals surface area (Å²) in [6, 6.07) is 0. The number of rotatable bonds is 0. The van der Waals surface area contributed by atoms with Crippen LogP contribution in [-0.2, 0) is 9.47 Å². The minimum Gasteiger partial charge on any atom is -0.350 e. The van der Waals surface area contributed by atoms with Crippen LogP contribution in [0.4, 0.5) is 0 Å². The first-order valence-corrected chi connectivity index (χ1v) is 5.63. The van der Waals surface area contributed by atoms with Crippen LogP contribution in [0.25, 0.3) is 0 Å². The monoisotopic (exact) mass is 184 g/mol. The van der Waals surface area contributed by atoms with Gasteiger partial charge in [-0.05, 0) is 32.6 Å². The van der Waals surface area contributed by atoms with Crippen LogP contribution in [0.5, 0.6) is 0 Å². The fraction of sp³-hybridized carbons (Fsp3) is 1.00. The molecule has 0 aromatic heterocycles. The zero-order valence-corrected chi connectivity index (χ0v) is 8.55. The van der Waals surface area contributed by atoms with Gasteiger partial charge in [0.1, 0.15) is 0 Å². The fourth-order valence-electron chi connectivity index (χ4n) is 2.44. The molecule has 1 spiro atoms. The van der Waals surface area contributed by atoms with Crippen molar-refractivity contribution in [1.82, 2.24) is 0 Å². The van der Waals surface area contributed by atoms with Gasteiger partial charge in [-0.3, -0.25) is 0 Å². The minimum atomic E-state index is -0.186. The number of hydrogen-bond acceptors (Lipinski definition) is 2. The smallest absolute Gasteiger partial charge is 0.168 e. The van der Waals surface area contributed by atoms with Gasteiger partial charge in [0.05, 0.1) is 12.7 Å². The van der Waals surface area contributed by atoms with Gasteiger partial charge >= 0.3 is 0 Å². The van der Waals surface area contributed by atoms with E-state index in [0.29, 0.717) is 6.10 Å². The van der Waals surface area contributed by atoms with E-state index in [-0.39, 0.29) is 5.79 Å². The third kappa shape index (κ3) is 2.23. The molecule has 2 saturated heterocycles. The van der Waals surface area contributed by atoms with Crippen molar-refractivity contribution in [3.8, 4) is 0 Å². The van der Waals surface area contributed by atoms with Crippen molar-refractivity contribution in [2.45, 2.75) is 63.8 Å². The standard InChI is InChI=1S/C11H20O2/c1-10-6-5-8-11(13-10)7-3-2-4-9-12-11/h10H,2-9H2,1H3/t10-,11+/m0/s1. The van der Waals surface area contributed by atoms with Crippen molar-refractivity contribution >= 4 is 0 Å². The summed E-state index contributed by atoms with van der Waals surface area (Å²) in [6.07, 6.45) is 8.86. The SMILES string of the molecule is C[C@H]1CCC[C@@]2(CCCCCO2)O1. The van der Waals surface area contributed by atoms with E-state index >= 15 is 0 Å². The largest absolute Gasteiger partial charge is 0.350 e. The molecular formula is C11H20O2. The molecule has 76 valence electrons. The first kappa shape index (κ1) is 9.47. The molecule has 0 radical (unpaired) electrons. The van der Waals surface area contributed by atoms with E-state index in [1.54, 1.807) is 0 Å². The normalized spacial score (nSPS) is 41.8. The Morgan fingerprint density at radius 3 is 2.77 bits per heavy atom. The van der Waals surface area contributed by atoms with Crippen LogP contribution in [-0.4, -0.2) is 18.5 Å². The van der Waals surface area contributed by atoms with E-state index in [1.807, 2.05) is 0 Å². The van der Waals surface area contributed by atoms with Gasteiger partial charge in [0.25, 0.3) is 0 Å².